The number of hydrogen-bond donors (Lipinski definition) is 1. The van der Waals surface area contributed by atoms with E-state index in [1.54, 1.807) is 18.2 Å². The number of carbonyl (C=O) groups excluding carboxylic acids is 1. The fourth-order valence-corrected chi connectivity index (χ4v) is 2.42. The lowest BCUT2D eigenvalue weighted by molar-refractivity contribution is 0.0126. The van der Waals surface area contributed by atoms with Crippen LogP contribution in [0.4, 0.5) is 0 Å². The van der Waals surface area contributed by atoms with Gasteiger partial charge in [0.15, 0.2) is 0 Å². The summed E-state index contributed by atoms with van der Waals surface area (Å²) < 4.78 is 5.90. The maximum absolute atomic E-state index is 12.0. The molecule has 1 aliphatic heterocycles. The van der Waals surface area contributed by atoms with Crippen molar-refractivity contribution in [3.8, 4) is 0 Å². The molecular formula is C11H12BrClN2O2. The Morgan fingerprint density at radius 2 is 2.12 bits per heavy atom. The molecule has 0 bridgehead atoms. The lowest BCUT2D eigenvalue weighted by Crippen LogP contribution is -2.48. The molecule has 0 radical (unpaired) electrons. The molecule has 0 aromatic heterocycles. The van der Waals surface area contributed by atoms with Crippen LogP contribution in [0.25, 0.3) is 0 Å². The van der Waals surface area contributed by atoms with Crippen LogP contribution >= 0.6 is 27.5 Å². The number of morpholine rings is 1. The van der Waals surface area contributed by atoms with E-state index in [0.717, 1.165) is 0 Å². The Morgan fingerprint density at radius 1 is 1.41 bits per heavy atom. The molecule has 0 aliphatic carbocycles. The summed E-state index contributed by atoms with van der Waals surface area (Å²) in [6.45, 7) is 2.69. The second kappa shape index (κ2) is 5.82. The zero-order valence-corrected chi connectivity index (χ0v) is 11.4. The van der Waals surface area contributed by atoms with Crippen molar-refractivity contribution in [3.05, 3.63) is 33.3 Å². The van der Waals surface area contributed by atoms with Crippen LogP contribution in [-0.4, -0.2) is 37.2 Å². The maximum atomic E-state index is 12.0. The largest absolute Gasteiger partial charge is 0.379 e. The molecule has 4 nitrogen and oxygen atoms in total. The Morgan fingerprint density at radius 3 is 2.76 bits per heavy atom. The SMILES string of the molecule is O=C(NN1CCOCC1)c1ccc(Cl)cc1Br. The van der Waals surface area contributed by atoms with Crippen LogP contribution in [0.5, 0.6) is 0 Å². The van der Waals surface area contributed by atoms with Crippen LogP contribution in [0.15, 0.2) is 22.7 Å². The first-order valence-electron chi connectivity index (χ1n) is 5.25. The molecule has 92 valence electrons. The topological polar surface area (TPSA) is 41.6 Å². The molecule has 1 heterocycles. The van der Waals surface area contributed by atoms with E-state index < -0.39 is 0 Å². The van der Waals surface area contributed by atoms with E-state index in [4.69, 9.17) is 16.3 Å². The van der Waals surface area contributed by atoms with Gasteiger partial charge in [0.2, 0.25) is 0 Å². The van der Waals surface area contributed by atoms with Gasteiger partial charge in [-0.25, -0.2) is 5.01 Å². The summed E-state index contributed by atoms with van der Waals surface area (Å²) in [5.74, 6) is -0.143. The molecule has 1 aromatic rings. The van der Waals surface area contributed by atoms with Gasteiger partial charge in [0.1, 0.15) is 0 Å². The molecule has 0 saturated carbocycles. The highest BCUT2D eigenvalue weighted by Crippen LogP contribution is 2.21. The molecule has 1 fully saturated rings. The second-order valence-corrected chi connectivity index (χ2v) is 4.96. The smallest absolute Gasteiger partial charge is 0.266 e. The van der Waals surface area contributed by atoms with Crippen LogP contribution in [0.2, 0.25) is 5.02 Å². The molecule has 1 N–H and O–H groups in total. The fraction of sp³-hybridized carbons (Fsp3) is 0.364. The lowest BCUT2D eigenvalue weighted by atomic mass is 10.2. The molecule has 1 aromatic carbocycles. The number of amides is 1. The number of nitrogens with one attached hydrogen (secondary N) is 1. The van der Waals surface area contributed by atoms with Crippen LogP contribution < -0.4 is 5.43 Å². The van der Waals surface area contributed by atoms with Crippen molar-refractivity contribution >= 4 is 33.4 Å². The van der Waals surface area contributed by atoms with E-state index in [1.165, 1.54) is 0 Å². The van der Waals surface area contributed by atoms with Crippen molar-refractivity contribution in [3.63, 3.8) is 0 Å². The van der Waals surface area contributed by atoms with Crippen molar-refractivity contribution < 1.29 is 9.53 Å². The molecule has 17 heavy (non-hydrogen) atoms. The Kier molecular flexibility index (Phi) is 4.39. The maximum Gasteiger partial charge on any atom is 0.266 e. The highest BCUT2D eigenvalue weighted by atomic mass is 79.9. The highest BCUT2D eigenvalue weighted by Gasteiger charge is 2.16. The minimum Gasteiger partial charge on any atom is -0.379 e. The molecule has 1 amide bonds. The monoisotopic (exact) mass is 318 g/mol. The van der Waals surface area contributed by atoms with Gasteiger partial charge in [0, 0.05) is 22.6 Å². The highest BCUT2D eigenvalue weighted by molar-refractivity contribution is 9.10. The summed E-state index contributed by atoms with van der Waals surface area (Å²) in [6.07, 6.45) is 0. The first kappa shape index (κ1) is 12.8. The molecule has 0 unspecified atom stereocenters. The summed E-state index contributed by atoms with van der Waals surface area (Å²) in [5.41, 5.74) is 3.41. The minimum absolute atomic E-state index is 0.143. The standard InChI is InChI=1S/C11H12BrClN2O2/c12-10-7-8(13)1-2-9(10)11(16)14-15-3-5-17-6-4-15/h1-2,7H,3-6H2,(H,14,16). The van der Waals surface area contributed by atoms with Crippen LogP contribution in [-0.2, 0) is 4.74 Å². The Labute approximate surface area is 113 Å². The van der Waals surface area contributed by atoms with Gasteiger partial charge < -0.3 is 4.74 Å². The van der Waals surface area contributed by atoms with E-state index in [9.17, 15) is 4.79 Å². The van der Waals surface area contributed by atoms with Gasteiger partial charge in [-0.15, -0.1) is 0 Å². The van der Waals surface area contributed by atoms with Gasteiger partial charge in [-0.05, 0) is 34.1 Å². The third-order valence-corrected chi connectivity index (χ3v) is 3.34. The normalized spacial score (nSPS) is 16.8. The van der Waals surface area contributed by atoms with Gasteiger partial charge >= 0.3 is 0 Å². The van der Waals surface area contributed by atoms with E-state index >= 15 is 0 Å². The van der Waals surface area contributed by atoms with Crippen molar-refractivity contribution in [1.29, 1.82) is 0 Å². The van der Waals surface area contributed by atoms with Crippen molar-refractivity contribution in [2.24, 2.45) is 0 Å². The third kappa shape index (κ3) is 3.42. The summed E-state index contributed by atoms with van der Waals surface area (Å²) in [4.78, 5) is 12.0. The minimum atomic E-state index is -0.143. The Bertz CT molecular complexity index is 422. The summed E-state index contributed by atoms with van der Waals surface area (Å²) >= 11 is 9.15. The van der Waals surface area contributed by atoms with Gasteiger partial charge in [0.05, 0.1) is 18.8 Å². The number of carbonyl (C=O) groups is 1. The van der Waals surface area contributed by atoms with Crippen LogP contribution in [0.1, 0.15) is 10.4 Å². The van der Waals surface area contributed by atoms with E-state index in [1.807, 2.05) is 5.01 Å². The number of rotatable bonds is 2. The zero-order valence-electron chi connectivity index (χ0n) is 9.08. The summed E-state index contributed by atoms with van der Waals surface area (Å²) in [7, 11) is 0. The Balaban J connectivity index is 2.03. The second-order valence-electron chi connectivity index (χ2n) is 3.66. The van der Waals surface area contributed by atoms with E-state index in [0.29, 0.717) is 41.4 Å². The number of hydrogen-bond acceptors (Lipinski definition) is 3. The molecule has 2 rings (SSSR count). The molecule has 1 aliphatic rings. The van der Waals surface area contributed by atoms with Gasteiger partial charge in [-0.3, -0.25) is 10.2 Å². The summed E-state index contributed by atoms with van der Waals surface area (Å²) in [5, 5.41) is 2.45. The molecule has 0 spiro atoms. The van der Waals surface area contributed by atoms with E-state index in [2.05, 4.69) is 21.4 Å². The van der Waals surface area contributed by atoms with Crippen molar-refractivity contribution in [2.45, 2.75) is 0 Å². The number of halogens is 2. The van der Waals surface area contributed by atoms with Gasteiger partial charge in [-0.1, -0.05) is 11.6 Å². The first-order valence-corrected chi connectivity index (χ1v) is 6.42. The first-order chi connectivity index (χ1) is 8.16. The Hall–Kier alpha value is -0.620. The van der Waals surface area contributed by atoms with Gasteiger partial charge in [0.25, 0.3) is 5.91 Å². The molecular weight excluding hydrogens is 307 g/mol. The molecule has 1 saturated heterocycles. The average molecular weight is 320 g/mol. The van der Waals surface area contributed by atoms with Gasteiger partial charge in [-0.2, -0.15) is 0 Å². The zero-order chi connectivity index (χ0) is 12.3. The molecule has 0 atom stereocenters. The average Bonchev–Trinajstić information content (AvgIpc) is 2.30. The fourth-order valence-electron chi connectivity index (χ4n) is 1.55. The van der Waals surface area contributed by atoms with Crippen molar-refractivity contribution in [2.75, 3.05) is 26.3 Å². The van der Waals surface area contributed by atoms with E-state index in [-0.39, 0.29) is 5.91 Å². The predicted molar refractivity (Wildman–Crippen MR) is 69.0 cm³/mol. The number of ether oxygens (including phenoxy) is 1. The third-order valence-electron chi connectivity index (χ3n) is 2.45. The number of benzene rings is 1. The molecule has 6 heteroatoms. The predicted octanol–water partition coefficient (Wildman–Crippen LogP) is 2.08. The summed E-state index contributed by atoms with van der Waals surface area (Å²) in [6, 6.07) is 5.10. The van der Waals surface area contributed by atoms with Crippen LogP contribution in [0, 0.1) is 0 Å². The quantitative estimate of drug-likeness (QED) is 0.907. The number of hydrazine groups is 1. The van der Waals surface area contributed by atoms with Crippen molar-refractivity contribution in [1.82, 2.24) is 10.4 Å². The van der Waals surface area contributed by atoms with Crippen LogP contribution in [0.3, 0.4) is 0 Å². The lowest BCUT2D eigenvalue weighted by Gasteiger charge is -2.27. The number of nitrogens with zero attached hydrogens (tertiary/aromatic N) is 1.